The molecule has 0 unspecified atom stereocenters. The van der Waals surface area contributed by atoms with Gasteiger partial charge in [0.05, 0.1) is 0 Å². The minimum atomic E-state index is -0.00732. The zero-order chi connectivity index (χ0) is 19.3. The number of nitrogens with zero attached hydrogens (tertiary/aromatic N) is 3. The predicted molar refractivity (Wildman–Crippen MR) is 114 cm³/mol. The van der Waals surface area contributed by atoms with E-state index in [0.29, 0.717) is 6.54 Å². The number of urea groups is 1. The standard InChI is InChI=1S/C22H27N5O/c1-23-21(27-14-11-18-8-2-3-10-20(18)27)24-16-17-7-6-9-19(15-17)25-22(28)26-12-4-5-13-26/h2-3,6-10,15H,4-5,11-14,16H2,1H3,(H,23,24)(H,25,28). The van der Waals surface area contributed by atoms with E-state index in [-0.39, 0.29) is 6.03 Å². The van der Waals surface area contributed by atoms with E-state index >= 15 is 0 Å². The first-order valence-corrected chi connectivity index (χ1v) is 9.95. The van der Waals surface area contributed by atoms with Gasteiger partial charge >= 0.3 is 6.03 Å². The summed E-state index contributed by atoms with van der Waals surface area (Å²) in [4.78, 5) is 20.9. The third-order valence-corrected chi connectivity index (χ3v) is 5.38. The molecule has 2 amide bonds. The van der Waals surface area contributed by atoms with Crippen molar-refractivity contribution in [2.75, 3.05) is 36.9 Å². The Labute approximate surface area is 166 Å². The van der Waals surface area contributed by atoms with Gasteiger partial charge < -0.3 is 20.4 Å². The normalized spacial score (nSPS) is 16.2. The maximum absolute atomic E-state index is 12.3. The Hall–Kier alpha value is -3.02. The fourth-order valence-electron chi connectivity index (χ4n) is 3.92. The summed E-state index contributed by atoms with van der Waals surface area (Å²) in [5, 5.41) is 6.47. The summed E-state index contributed by atoms with van der Waals surface area (Å²) in [6.07, 6.45) is 3.22. The zero-order valence-electron chi connectivity index (χ0n) is 16.3. The van der Waals surface area contributed by atoms with E-state index in [0.717, 1.165) is 56.1 Å². The summed E-state index contributed by atoms with van der Waals surface area (Å²) in [5.41, 5.74) is 4.52. The fourth-order valence-corrected chi connectivity index (χ4v) is 3.92. The number of benzene rings is 2. The largest absolute Gasteiger partial charge is 0.352 e. The van der Waals surface area contributed by atoms with Gasteiger partial charge in [-0.2, -0.15) is 0 Å². The molecule has 0 saturated carbocycles. The highest BCUT2D eigenvalue weighted by Gasteiger charge is 2.22. The van der Waals surface area contributed by atoms with Crippen molar-refractivity contribution in [3.8, 4) is 0 Å². The van der Waals surface area contributed by atoms with Crippen LogP contribution in [-0.2, 0) is 13.0 Å². The van der Waals surface area contributed by atoms with Crippen molar-refractivity contribution >= 4 is 23.4 Å². The van der Waals surface area contributed by atoms with Crippen molar-refractivity contribution < 1.29 is 4.79 Å². The van der Waals surface area contributed by atoms with Crippen LogP contribution >= 0.6 is 0 Å². The van der Waals surface area contributed by atoms with Gasteiger partial charge in [0.15, 0.2) is 5.96 Å². The molecule has 4 rings (SSSR count). The number of hydrogen-bond acceptors (Lipinski definition) is 2. The van der Waals surface area contributed by atoms with Crippen LogP contribution in [-0.4, -0.2) is 43.6 Å². The lowest BCUT2D eigenvalue weighted by molar-refractivity contribution is 0.222. The highest BCUT2D eigenvalue weighted by molar-refractivity contribution is 5.97. The van der Waals surface area contributed by atoms with Crippen LogP contribution in [0.5, 0.6) is 0 Å². The number of hydrogen-bond donors (Lipinski definition) is 2. The van der Waals surface area contributed by atoms with Gasteiger partial charge in [0.25, 0.3) is 0 Å². The minimum absolute atomic E-state index is 0.00732. The summed E-state index contributed by atoms with van der Waals surface area (Å²) in [7, 11) is 1.82. The molecule has 0 atom stereocenters. The van der Waals surface area contributed by atoms with E-state index in [9.17, 15) is 4.79 Å². The quantitative estimate of drug-likeness (QED) is 0.636. The molecule has 0 aromatic heterocycles. The summed E-state index contributed by atoms with van der Waals surface area (Å²) in [5.74, 6) is 0.872. The van der Waals surface area contributed by atoms with Crippen LogP contribution in [0.1, 0.15) is 24.0 Å². The monoisotopic (exact) mass is 377 g/mol. The van der Waals surface area contributed by atoms with Gasteiger partial charge in [0.2, 0.25) is 0 Å². The molecular formula is C22H27N5O. The third-order valence-electron chi connectivity index (χ3n) is 5.38. The molecule has 0 radical (unpaired) electrons. The Bertz CT molecular complexity index is 873. The highest BCUT2D eigenvalue weighted by Crippen LogP contribution is 2.27. The lowest BCUT2D eigenvalue weighted by Gasteiger charge is -2.22. The number of carbonyl (C=O) groups excluding carboxylic acids is 1. The first kappa shape index (κ1) is 18.3. The number of nitrogens with one attached hydrogen (secondary N) is 2. The van der Waals surface area contributed by atoms with Gasteiger partial charge in [-0.15, -0.1) is 0 Å². The number of likely N-dealkylation sites (tertiary alicyclic amines) is 1. The minimum Gasteiger partial charge on any atom is -0.352 e. The number of fused-ring (bicyclic) bond motifs is 1. The second-order valence-corrected chi connectivity index (χ2v) is 7.26. The van der Waals surface area contributed by atoms with Gasteiger partial charge in [0, 0.05) is 44.6 Å². The average Bonchev–Trinajstić information content (AvgIpc) is 3.39. The summed E-state index contributed by atoms with van der Waals surface area (Å²) in [6.45, 7) is 3.28. The van der Waals surface area contributed by atoms with Crippen LogP contribution < -0.4 is 15.5 Å². The van der Waals surface area contributed by atoms with Crippen LogP contribution in [0.15, 0.2) is 53.5 Å². The lowest BCUT2D eigenvalue weighted by Crippen LogP contribution is -2.40. The van der Waals surface area contributed by atoms with Crippen molar-refractivity contribution in [2.45, 2.75) is 25.8 Å². The number of anilines is 2. The van der Waals surface area contributed by atoms with Crippen LogP contribution in [0.25, 0.3) is 0 Å². The first-order chi connectivity index (χ1) is 13.7. The van der Waals surface area contributed by atoms with E-state index in [2.05, 4.69) is 50.9 Å². The van der Waals surface area contributed by atoms with E-state index in [1.165, 1.54) is 11.3 Å². The molecule has 2 aliphatic heterocycles. The molecule has 6 nitrogen and oxygen atoms in total. The van der Waals surface area contributed by atoms with Crippen molar-refractivity contribution in [1.29, 1.82) is 0 Å². The molecule has 146 valence electrons. The number of para-hydroxylation sites is 1. The Kier molecular flexibility index (Phi) is 5.46. The van der Waals surface area contributed by atoms with Crippen LogP contribution in [0, 0.1) is 0 Å². The van der Waals surface area contributed by atoms with Gasteiger partial charge in [0.1, 0.15) is 0 Å². The molecule has 2 aromatic carbocycles. The number of rotatable bonds is 3. The zero-order valence-corrected chi connectivity index (χ0v) is 16.3. The Morgan fingerprint density at radius 1 is 1.07 bits per heavy atom. The SMILES string of the molecule is CN=C(NCc1cccc(NC(=O)N2CCCC2)c1)N1CCc2ccccc21. The second kappa shape index (κ2) is 8.33. The van der Waals surface area contributed by atoms with E-state index in [4.69, 9.17) is 0 Å². The maximum atomic E-state index is 12.3. The number of carbonyl (C=O) groups is 1. The van der Waals surface area contributed by atoms with Gasteiger partial charge in [-0.1, -0.05) is 30.3 Å². The predicted octanol–water partition coefficient (Wildman–Crippen LogP) is 3.45. The average molecular weight is 377 g/mol. The van der Waals surface area contributed by atoms with E-state index in [1.807, 2.05) is 30.1 Å². The van der Waals surface area contributed by atoms with Crippen LogP contribution in [0.4, 0.5) is 16.2 Å². The molecule has 6 heteroatoms. The second-order valence-electron chi connectivity index (χ2n) is 7.26. The summed E-state index contributed by atoms with van der Waals surface area (Å²) >= 11 is 0. The molecule has 2 aromatic rings. The number of guanidine groups is 1. The molecule has 2 heterocycles. The van der Waals surface area contributed by atoms with Crippen molar-refractivity contribution in [3.05, 3.63) is 59.7 Å². The molecular weight excluding hydrogens is 350 g/mol. The van der Waals surface area contributed by atoms with Crippen molar-refractivity contribution in [1.82, 2.24) is 10.2 Å². The number of amides is 2. The smallest absolute Gasteiger partial charge is 0.321 e. The molecule has 1 saturated heterocycles. The van der Waals surface area contributed by atoms with E-state index in [1.54, 1.807) is 0 Å². The third kappa shape index (κ3) is 3.96. The lowest BCUT2D eigenvalue weighted by atomic mass is 10.2. The molecule has 0 bridgehead atoms. The van der Waals surface area contributed by atoms with E-state index < -0.39 is 0 Å². The summed E-state index contributed by atoms with van der Waals surface area (Å²) in [6, 6.07) is 16.5. The highest BCUT2D eigenvalue weighted by atomic mass is 16.2. The first-order valence-electron chi connectivity index (χ1n) is 9.95. The molecule has 0 spiro atoms. The van der Waals surface area contributed by atoms with Crippen molar-refractivity contribution in [2.24, 2.45) is 4.99 Å². The van der Waals surface area contributed by atoms with Gasteiger partial charge in [-0.3, -0.25) is 4.99 Å². The Morgan fingerprint density at radius 3 is 2.71 bits per heavy atom. The topological polar surface area (TPSA) is 60.0 Å². The number of aliphatic imine (C=N–C) groups is 1. The van der Waals surface area contributed by atoms with Crippen LogP contribution in [0.2, 0.25) is 0 Å². The molecule has 0 aliphatic carbocycles. The van der Waals surface area contributed by atoms with Gasteiger partial charge in [-0.25, -0.2) is 4.79 Å². The molecule has 2 N–H and O–H groups in total. The van der Waals surface area contributed by atoms with Crippen molar-refractivity contribution in [3.63, 3.8) is 0 Å². The van der Waals surface area contributed by atoms with Gasteiger partial charge in [-0.05, 0) is 48.6 Å². The molecule has 28 heavy (non-hydrogen) atoms. The molecule has 2 aliphatic rings. The fraction of sp³-hybridized carbons (Fsp3) is 0.364. The Morgan fingerprint density at radius 2 is 1.89 bits per heavy atom. The van der Waals surface area contributed by atoms with Crippen LogP contribution in [0.3, 0.4) is 0 Å². The molecule has 1 fully saturated rings. The summed E-state index contributed by atoms with van der Waals surface area (Å²) < 4.78 is 0. The Balaban J connectivity index is 1.38. The maximum Gasteiger partial charge on any atom is 0.321 e.